The molecular formula is C6H15NO. The molecule has 0 heterocycles. The van der Waals surface area contributed by atoms with Crippen LogP contribution in [0.3, 0.4) is 0 Å². The first-order valence-electron chi connectivity index (χ1n) is 2.91. The molecule has 0 amide bonds. The SMILES string of the molecule is C[C@H](CN)C(C)(C)O. The zero-order valence-electron chi connectivity index (χ0n) is 5.81. The first kappa shape index (κ1) is 7.92. The van der Waals surface area contributed by atoms with Gasteiger partial charge in [-0.25, -0.2) is 0 Å². The van der Waals surface area contributed by atoms with Crippen molar-refractivity contribution >= 4 is 0 Å². The Morgan fingerprint density at radius 1 is 1.62 bits per heavy atom. The van der Waals surface area contributed by atoms with Crippen LogP contribution < -0.4 is 5.73 Å². The molecule has 2 nitrogen and oxygen atoms in total. The Hall–Kier alpha value is -0.0800. The summed E-state index contributed by atoms with van der Waals surface area (Å²) in [5, 5.41) is 9.21. The molecule has 0 bridgehead atoms. The topological polar surface area (TPSA) is 46.2 Å². The van der Waals surface area contributed by atoms with Gasteiger partial charge in [-0.15, -0.1) is 0 Å². The van der Waals surface area contributed by atoms with E-state index in [1.165, 1.54) is 0 Å². The molecule has 0 aliphatic rings. The fourth-order valence-corrected chi connectivity index (χ4v) is 0.288. The van der Waals surface area contributed by atoms with Crippen LogP contribution in [0, 0.1) is 5.92 Å². The summed E-state index contributed by atoms with van der Waals surface area (Å²) in [5.41, 5.74) is 4.68. The van der Waals surface area contributed by atoms with Crippen LogP contribution in [0.2, 0.25) is 0 Å². The number of nitrogens with two attached hydrogens (primary N) is 1. The van der Waals surface area contributed by atoms with Crippen molar-refractivity contribution in [3.63, 3.8) is 0 Å². The van der Waals surface area contributed by atoms with Gasteiger partial charge in [0.25, 0.3) is 0 Å². The van der Waals surface area contributed by atoms with Crippen molar-refractivity contribution < 1.29 is 5.11 Å². The number of aliphatic hydroxyl groups is 1. The van der Waals surface area contributed by atoms with Crippen molar-refractivity contribution in [1.29, 1.82) is 0 Å². The molecular weight excluding hydrogens is 102 g/mol. The van der Waals surface area contributed by atoms with Gasteiger partial charge in [0.15, 0.2) is 0 Å². The highest BCUT2D eigenvalue weighted by Gasteiger charge is 2.19. The molecule has 2 heteroatoms. The molecule has 0 aromatic heterocycles. The fourth-order valence-electron chi connectivity index (χ4n) is 0.288. The molecule has 0 aromatic carbocycles. The number of hydrogen-bond acceptors (Lipinski definition) is 2. The molecule has 0 unspecified atom stereocenters. The molecule has 0 radical (unpaired) electrons. The van der Waals surface area contributed by atoms with E-state index < -0.39 is 5.60 Å². The van der Waals surface area contributed by atoms with Crippen LogP contribution in [0.25, 0.3) is 0 Å². The largest absolute Gasteiger partial charge is 0.390 e. The van der Waals surface area contributed by atoms with E-state index >= 15 is 0 Å². The van der Waals surface area contributed by atoms with Crippen LogP contribution in [0.5, 0.6) is 0 Å². The van der Waals surface area contributed by atoms with Crippen LogP contribution in [0.1, 0.15) is 20.8 Å². The Labute approximate surface area is 50.7 Å². The minimum absolute atomic E-state index is 0.183. The third-order valence-corrected chi connectivity index (χ3v) is 1.56. The van der Waals surface area contributed by atoms with E-state index in [1.807, 2.05) is 6.92 Å². The highest BCUT2D eigenvalue weighted by Crippen LogP contribution is 2.12. The van der Waals surface area contributed by atoms with Crippen LogP contribution in [-0.2, 0) is 0 Å². The summed E-state index contributed by atoms with van der Waals surface area (Å²) in [5.74, 6) is 0.183. The smallest absolute Gasteiger partial charge is 0.0629 e. The predicted octanol–water partition coefficient (Wildman–Crippen LogP) is 0.352. The zero-order valence-corrected chi connectivity index (χ0v) is 5.81. The summed E-state index contributed by atoms with van der Waals surface area (Å²) in [6.07, 6.45) is 0. The Balaban J connectivity index is 3.62. The minimum Gasteiger partial charge on any atom is -0.390 e. The normalized spacial score (nSPS) is 16.1. The molecule has 0 rings (SSSR count). The third-order valence-electron chi connectivity index (χ3n) is 1.56. The Kier molecular flexibility index (Phi) is 2.44. The zero-order chi connectivity index (χ0) is 6.78. The standard InChI is InChI=1S/C6H15NO/c1-5(4-7)6(2,3)8/h5,8H,4,7H2,1-3H3/t5-/m1/s1. The van der Waals surface area contributed by atoms with Gasteiger partial charge in [-0.1, -0.05) is 6.92 Å². The molecule has 0 aliphatic heterocycles. The monoisotopic (exact) mass is 117 g/mol. The first-order valence-corrected chi connectivity index (χ1v) is 2.91. The fraction of sp³-hybridized carbons (Fsp3) is 1.00. The second kappa shape index (κ2) is 2.46. The Bertz CT molecular complexity index is 65.4. The highest BCUT2D eigenvalue weighted by atomic mass is 16.3. The first-order chi connectivity index (χ1) is 3.48. The van der Waals surface area contributed by atoms with Gasteiger partial charge in [-0.2, -0.15) is 0 Å². The lowest BCUT2D eigenvalue weighted by Gasteiger charge is -2.23. The van der Waals surface area contributed by atoms with E-state index in [9.17, 15) is 5.11 Å². The van der Waals surface area contributed by atoms with Crippen LogP contribution >= 0.6 is 0 Å². The minimum atomic E-state index is -0.616. The maximum Gasteiger partial charge on any atom is 0.0629 e. The Morgan fingerprint density at radius 2 is 2.00 bits per heavy atom. The van der Waals surface area contributed by atoms with Gasteiger partial charge in [0, 0.05) is 0 Å². The molecule has 1 atom stereocenters. The molecule has 0 aromatic rings. The van der Waals surface area contributed by atoms with Crippen molar-refractivity contribution in [3.05, 3.63) is 0 Å². The quantitative estimate of drug-likeness (QED) is 0.548. The van der Waals surface area contributed by atoms with Crippen LogP contribution in [0.4, 0.5) is 0 Å². The lowest BCUT2D eigenvalue weighted by molar-refractivity contribution is 0.0287. The average Bonchev–Trinajstić information content (AvgIpc) is 1.62. The molecule has 3 N–H and O–H groups in total. The van der Waals surface area contributed by atoms with E-state index in [4.69, 9.17) is 5.73 Å². The summed E-state index contributed by atoms with van der Waals surface area (Å²) >= 11 is 0. The summed E-state index contributed by atoms with van der Waals surface area (Å²) in [4.78, 5) is 0. The summed E-state index contributed by atoms with van der Waals surface area (Å²) in [7, 11) is 0. The number of rotatable bonds is 2. The van der Waals surface area contributed by atoms with Gasteiger partial charge < -0.3 is 10.8 Å². The van der Waals surface area contributed by atoms with Gasteiger partial charge in [-0.3, -0.25) is 0 Å². The van der Waals surface area contributed by atoms with Crippen molar-refractivity contribution in [2.75, 3.05) is 6.54 Å². The highest BCUT2D eigenvalue weighted by molar-refractivity contribution is 4.73. The van der Waals surface area contributed by atoms with Crippen molar-refractivity contribution in [3.8, 4) is 0 Å². The van der Waals surface area contributed by atoms with Gasteiger partial charge in [0.05, 0.1) is 5.60 Å². The van der Waals surface area contributed by atoms with E-state index in [2.05, 4.69) is 0 Å². The Morgan fingerprint density at radius 3 is 2.00 bits per heavy atom. The lowest BCUT2D eigenvalue weighted by Crippen LogP contribution is -2.33. The summed E-state index contributed by atoms with van der Waals surface area (Å²) in [6, 6.07) is 0. The molecule has 0 fully saturated rings. The third kappa shape index (κ3) is 2.28. The van der Waals surface area contributed by atoms with E-state index in [-0.39, 0.29) is 5.92 Å². The second-order valence-electron chi connectivity index (χ2n) is 2.79. The maximum atomic E-state index is 9.21. The van der Waals surface area contributed by atoms with E-state index in [1.54, 1.807) is 13.8 Å². The number of hydrogen-bond donors (Lipinski definition) is 2. The predicted molar refractivity (Wildman–Crippen MR) is 34.5 cm³/mol. The van der Waals surface area contributed by atoms with Crippen molar-refractivity contribution in [1.82, 2.24) is 0 Å². The van der Waals surface area contributed by atoms with Gasteiger partial charge in [0.2, 0.25) is 0 Å². The van der Waals surface area contributed by atoms with Crippen LogP contribution in [0.15, 0.2) is 0 Å². The molecule has 0 spiro atoms. The molecule has 0 aliphatic carbocycles. The van der Waals surface area contributed by atoms with Crippen LogP contribution in [-0.4, -0.2) is 17.3 Å². The van der Waals surface area contributed by atoms with Crippen molar-refractivity contribution in [2.45, 2.75) is 26.4 Å². The molecule has 0 saturated carbocycles. The molecule has 8 heavy (non-hydrogen) atoms. The van der Waals surface area contributed by atoms with E-state index in [0.717, 1.165) is 0 Å². The average molecular weight is 117 g/mol. The van der Waals surface area contributed by atoms with Gasteiger partial charge in [-0.05, 0) is 26.3 Å². The lowest BCUT2D eigenvalue weighted by atomic mass is 9.93. The summed E-state index contributed by atoms with van der Waals surface area (Å²) in [6.45, 7) is 6.01. The second-order valence-corrected chi connectivity index (χ2v) is 2.79. The van der Waals surface area contributed by atoms with Crippen molar-refractivity contribution in [2.24, 2.45) is 11.7 Å². The van der Waals surface area contributed by atoms with E-state index in [0.29, 0.717) is 6.54 Å². The molecule has 50 valence electrons. The molecule has 0 saturated heterocycles. The maximum absolute atomic E-state index is 9.21. The summed E-state index contributed by atoms with van der Waals surface area (Å²) < 4.78 is 0. The van der Waals surface area contributed by atoms with Gasteiger partial charge in [0.1, 0.15) is 0 Å². The van der Waals surface area contributed by atoms with Gasteiger partial charge >= 0.3 is 0 Å².